The standard InChI is InChI=1S/C17H21N3O/c1-14-4-2-3-5-15(14)17(6-10-21-11-7-17)13-20-16-12-18-8-9-19-16/h2-5,8-9,12H,6-7,10-11,13H2,1H3,(H,19,20). The van der Waals surface area contributed by atoms with Gasteiger partial charge >= 0.3 is 0 Å². The molecular weight excluding hydrogens is 262 g/mol. The van der Waals surface area contributed by atoms with Gasteiger partial charge < -0.3 is 10.1 Å². The van der Waals surface area contributed by atoms with Gasteiger partial charge in [-0.1, -0.05) is 24.3 Å². The summed E-state index contributed by atoms with van der Waals surface area (Å²) in [5.74, 6) is 0.831. The molecule has 1 aliphatic heterocycles. The summed E-state index contributed by atoms with van der Waals surface area (Å²) in [5, 5.41) is 3.45. The fourth-order valence-corrected chi connectivity index (χ4v) is 3.12. The minimum atomic E-state index is 0.112. The molecular formula is C17H21N3O. The van der Waals surface area contributed by atoms with Crippen molar-refractivity contribution >= 4 is 5.82 Å². The Morgan fingerprint density at radius 2 is 2.00 bits per heavy atom. The lowest BCUT2D eigenvalue weighted by Gasteiger charge is -2.39. The Hall–Kier alpha value is -1.94. The number of hydrogen-bond acceptors (Lipinski definition) is 4. The Bertz CT molecular complexity index is 580. The highest BCUT2D eigenvalue weighted by Crippen LogP contribution is 2.36. The van der Waals surface area contributed by atoms with Crippen LogP contribution in [0.3, 0.4) is 0 Å². The lowest BCUT2D eigenvalue weighted by Crippen LogP contribution is -2.40. The van der Waals surface area contributed by atoms with Crippen LogP contribution in [0.1, 0.15) is 24.0 Å². The van der Waals surface area contributed by atoms with Gasteiger partial charge in [0.05, 0.1) is 6.20 Å². The van der Waals surface area contributed by atoms with E-state index in [2.05, 4.69) is 46.5 Å². The lowest BCUT2D eigenvalue weighted by molar-refractivity contribution is 0.0541. The molecule has 0 spiro atoms. The highest BCUT2D eigenvalue weighted by molar-refractivity contribution is 5.38. The van der Waals surface area contributed by atoms with Crippen LogP contribution in [-0.2, 0) is 10.2 Å². The molecule has 110 valence electrons. The van der Waals surface area contributed by atoms with Crippen LogP contribution in [0.15, 0.2) is 42.9 Å². The van der Waals surface area contributed by atoms with Crippen molar-refractivity contribution in [2.75, 3.05) is 25.1 Å². The zero-order chi connectivity index (χ0) is 14.5. The summed E-state index contributed by atoms with van der Waals surface area (Å²) < 4.78 is 5.58. The summed E-state index contributed by atoms with van der Waals surface area (Å²) >= 11 is 0. The smallest absolute Gasteiger partial charge is 0.144 e. The molecule has 1 fully saturated rings. The number of ether oxygens (including phenoxy) is 1. The summed E-state index contributed by atoms with van der Waals surface area (Å²) in [5.41, 5.74) is 2.88. The van der Waals surface area contributed by atoms with E-state index in [1.165, 1.54) is 11.1 Å². The number of nitrogens with one attached hydrogen (secondary N) is 1. The van der Waals surface area contributed by atoms with E-state index in [-0.39, 0.29) is 5.41 Å². The molecule has 21 heavy (non-hydrogen) atoms. The van der Waals surface area contributed by atoms with E-state index < -0.39 is 0 Å². The number of aryl methyl sites for hydroxylation is 1. The van der Waals surface area contributed by atoms with Gasteiger partial charge in [0.15, 0.2) is 0 Å². The van der Waals surface area contributed by atoms with Crippen LogP contribution >= 0.6 is 0 Å². The molecule has 1 aromatic carbocycles. The van der Waals surface area contributed by atoms with E-state index in [4.69, 9.17) is 4.74 Å². The Kier molecular flexibility index (Phi) is 4.15. The fourth-order valence-electron chi connectivity index (χ4n) is 3.12. The molecule has 1 N–H and O–H groups in total. The normalized spacial score (nSPS) is 17.4. The van der Waals surface area contributed by atoms with Crippen molar-refractivity contribution in [1.29, 1.82) is 0 Å². The molecule has 1 aromatic heterocycles. The van der Waals surface area contributed by atoms with Gasteiger partial charge in [-0.3, -0.25) is 4.98 Å². The second-order valence-corrected chi connectivity index (χ2v) is 5.65. The highest BCUT2D eigenvalue weighted by Gasteiger charge is 2.35. The minimum Gasteiger partial charge on any atom is -0.381 e. The fraction of sp³-hybridized carbons (Fsp3) is 0.412. The monoisotopic (exact) mass is 283 g/mol. The Labute approximate surface area is 125 Å². The van der Waals surface area contributed by atoms with Gasteiger partial charge in [0, 0.05) is 37.6 Å². The van der Waals surface area contributed by atoms with Crippen molar-refractivity contribution in [3.63, 3.8) is 0 Å². The molecule has 3 rings (SSSR count). The zero-order valence-corrected chi connectivity index (χ0v) is 12.4. The summed E-state index contributed by atoms with van der Waals surface area (Å²) in [6.45, 7) is 4.68. The second kappa shape index (κ2) is 6.22. The first kappa shape index (κ1) is 14.0. The third kappa shape index (κ3) is 3.05. The van der Waals surface area contributed by atoms with Crippen molar-refractivity contribution < 1.29 is 4.74 Å². The van der Waals surface area contributed by atoms with Crippen LogP contribution < -0.4 is 5.32 Å². The average molecular weight is 283 g/mol. The maximum atomic E-state index is 5.58. The lowest BCUT2D eigenvalue weighted by atomic mass is 9.72. The Balaban J connectivity index is 1.85. The maximum Gasteiger partial charge on any atom is 0.144 e. The number of rotatable bonds is 4. The van der Waals surface area contributed by atoms with Gasteiger partial charge in [-0.15, -0.1) is 0 Å². The topological polar surface area (TPSA) is 47.0 Å². The number of nitrogens with zero attached hydrogens (tertiary/aromatic N) is 2. The predicted octanol–water partition coefficient (Wildman–Crippen LogP) is 2.95. The first-order chi connectivity index (χ1) is 10.3. The van der Waals surface area contributed by atoms with Crippen LogP contribution in [0.25, 0.3) is 0 Å². The molecule has 0 atom stereocenters. The van der Waals surface area contributed by atoms with Crippen molar-refractivity contribution in [2.24, 2.45) is 0 Å². The molecule has 4 heteroatoms. The molecule has 2 aromatic rings. The number of anilines is 1. The van der Waals surface area contributed by atoms with E-state index in [1.54, 1.807) is 18.6 Å². The molecule has 4 nitrogen and oxygen atoms in total. The van der Waals surface area contributed by atoms with Crippen LogP contribution in [0, 0.1) is 6.92 Å². The maximum absolute atomic E-state index is 5.58. The summed E-state index contributed by atoms with van der Waals surface area (Å²) in [7, 11) is 0. The largest absolute Gasteiger partial charge is 0.381 e. The van der Waals surface area contributed by atoms with Crippen molar-refractivity contribution in [1.82, 2.24) is 9.97 Å². The quantitative estimate of drug-likeness (QED) is 0.937. The molecule has 1 aliphatic rings. The van der Waals surface area contributed by atoms with Gasteiger partial charge in [0.1, 0.15) is 5.82 Å². The highest BCUT2D eigenvalue weighted by atomic mass is 16.5. The first-order valence-corrected chi connectivity index (χ1v) is 7.44. The molecule has 0 radical (unpaired) electrons. The van der Waals surface area contributed by atoms with E-state index >= 15 is 0 Å². The number of aromatic nitrogens is 2. The van der Waals surface area contributed by atoms with E-state index in [0.717, 1.165) is 38.4 Å². The SMILES string of the molecule is Cc1ccccc1C1(CNc2cnccn2)CCOCC1. The van der Waals surface area contributed by atoms with E-state index in [9.17, 15) is 0 Å². The Morgan fingerprint density at radius 1 is 1.19 bits per heavy atom. The molecule has 0 aliphatic carbocycles. The zero-order valence-electron chi connectivity index (χ0n) is 12.4. The second-order valence-electron chi connectivity index (χ2n) is 5.65. The minimum absolute atomic E-state index is 0.112. The van der Waals surface area contributed by atoms with Crippen LogP contribution in [-0.4, -0.2) is 29.7 Å². The van der Waals surface area contributed by atoms with Crippen LogP contribution in [0.5, 0.6) is 0 Å². The predicted molar refractivity (Wildman–Crippen MR) is 83.4 cm³/mol. The molecule has 0 amide bonds. The number of benzene rings is 1. The molecule has 0 unspecified atom stereocenters. The van der Waals surface area contributed by atoms with Crippen LogP contribution in [0.4, 0.5) is 5.82 Å². The van der Waals surface area contributed by atoms with Gasteiger partial charge in [0.2, 0.25) is 0 Å². The number of hydrogen-bond donors (Lipinski definition) is 1. The third-order valence-electron chi connectivity index (χ3n) is 4.34. The molecule has 2 heterocycles. The molecule has 0 bridgehead atoms. The molecule has 1 saturated heterocycles. The summed E-state index contributed by atoms with van der Waals surface area (Å²) in [6, 6.07) is 8.66. The summed E-state index contributed by atoms with van der Waals surface area (Å²) in [4.78, 5) is 8.42. The van der Waals surface area contributed by atoms with Gasteiger partial charge in [-0.05, 0) is 30.9 Å². The van der Waals surface area contributed by atoms with Gasteiger partial charge in [-0.2, -0.15) is 0 Å². The Morgan fingerprint density at radius 3 is 2.71 bits per heavy atom. The summed E-state index contributed by atoms with van der Waals surface area (Å²) in [6.07, 6.45) is 7.24. The van der Waals surface area contributed by atoms with Crippen molar-refractivity contribution in [3.8, 4) is 0 Å². The average Bonchev–Trinajstić information content (AvgIpc) is 2.55. The first-order valence-electron chi connectivity index (χ1n) is 7.44. The van der Waals surface area contributed by atoms with Crippen LogP contribution in [0.2, 0.25) is 0 Å². The van der Waals surface area contributed by atoms with E-state index in [0.29, 0.717) is 0 Å². The van der Waals surface area contributed by atoms with Gasteiger partial charge in [0.25, 0.3) is 0 Å². The van der Waals surface area contributed by atoms with E-state index in [1.807, 2.05) is 0 Å². The van der Waals surface area contributed by atoms with Crippen molar-refractivity contribution in [2.45, 2.75) is 25.2 Å². The third-order valence-corrected chi connectivity index (χ3v) is 4.34. The van der Waals surface area contributed by atoms with Gasteiger partial charge in [-0.25, -0.2) is 4.98 Å². The van der Waals surface area contributed by atoms with Crippen molar-refractivity contribution in [3.05, 3.63) is 54.0 Å². The molecule has 0 saturated carbocycles.